The first-order valence-electron chi connectivity index (χ1n) is 8.36. The number of hydrogen-bond acceptors (Lipinski definition) is 2. The summed E-state index contributed by atoms with van der Waals surface area (Å²) in [6.45, 7) is 4.25. The van der Waals surface area contributed by atoms with Gasteiger partial charge in [-0.1, -0.05) is 19.4 Å². The molecule has 1 fully saturated rings. The Balaban J connectivity index is 1.67. The van der Waals surface area contributed by atoms with Crippen LogP contribution in [0.2, 0.25) is 0 Å². The predicted molar refractivity (Wildman–Crippen MR) is 83.3 cm³/mol. The van der Waals surface area contributed by atoms with E-state index in [-0.39, 0.29) is 0 Å². The first-order valence-corrected chi connectivity index (χ1v) is 8.36. The predicted octanol–water partition coefficient (Wildman–Crippen LogP) is 4.24. The van der Waals surface area contributed by atoms with Crippen molar-refractivity contribution in [1.82, 2.24) is 5.32 Å². The zero-order chi connectivity index (χ0) is 13.8. The van der Waals surface area contributed by atoms with Crippen LogP contribution in [0.25, 0.3) is 0 Å². The Labute approximate surface area is 122 Å². The van der Waals surface area contributed by atoms with Crippen LogP contribution in [-0.2, 0) is 6.42 Å². The molecule has 0 aliphatic heterocycles. The number of benzene rings is 1. The van der Waals surface area contributed by atoms with Crippen molar-refractivity contribution in [2.75, 3.05) is 13.2 Å². The molecule has 0 amide bonds. The molecule has 2 nitrogen and oxygen atoms in total. The first kappa shape index (κ1) is 13.9. The molecule has 110 valence electrons. The van der Waals surface area contributed by atoms with Gasteiger partial charge in [0.25, 0.3) is 0 Å². The van der Waals surface area contributed by atoms with Crippen LogP contribution in [0.5, 0.6) is 5.75 Å². The van der Waals surface area contributed by atoms with Gasteiger partial charge in [0.2, 0.25) is 0 Å². The van der Waals surface area contributed by atoms with Crippen LogP contribution < -0.4 is 10.1 Å². The van der Waals surface area contributed by atoms with Crippen molar-refractivity contribution in [3.63, 3.8) is 0 Å². The fraction of sp³-hybridized carbons (Fsp3) is 0.667. The van der Waals surface area contributed by atoms with E-state index in [2.05, 4.69) is 30.4 Å². The van der Waals surface area contributed by atoms with Crippen LogP contribution in [0.15, 0.2) is 18.2 Å². The van der Waals surface area contributed by atoms with Crippen LogP contribution in [0.4, 0.5) is 0 Å². The molecule has 0 heterocycles. The summed E-state index contributed by atoms with van der Waals surface area (Å²) in [6.07, 6.45) is 9.08. The van der Waals surface area contributed by atoms with Crippen molar-refractivity contribution in [1.29, 1.82) is 0 Å². The van der Waals surface area contributed by atoms with Crippen molar-refractivity contribution >= 4 is 0 Å². The molecule has 0 radical (unpaired) electrons. The summed E-state index contributed by atoms with van der Waals surface area (Å²) in [6, 6.07) is 7.27. The molecule has 1 saturated carbocycles. The number of rotatable bonds is 6. The lowest BCUT2D eigenvalue weighted by molar-refractivity contribution is 0.180. The Morgan fingerprint density at radius 3 is 2.85 bits per heavy atom. The molecule has 0 aromatic heterocycles. The van der Waals surface area contributed by atoms with Crippen molar-refractivity contribution < 1.29 is 4.74 Å². The molecule has 0 saturated heterocycles. The fourth-order valence-electron chi connectivity index (χ4n) is 3.27. The smallest absolute Gasteiger partial charge is 0.119 e. The Morgan fingerprint density at radius 1 is 1.20 bits per heavy atom. The average molecular weight is 273 g/mol. The summed E-state index contributed by atoms with van der Waals surface area (Å²) in [5.41, 5.74) is 3.00. The number of hydrogen-bond donors (Lipinski definition) is 1. The van der Waals surface area contributed by atoms with E-state index >= 15 is 0 Å². The van der Waals surface area contributed by atoms with Crippen molar-refractivity contribution in [2.45, 2.75) is 57.9 Å². The molecular weight excluding hydrogens is 246 g/mol. The van der Waals surface area contributed by atoms with Gasteiger partial charge in [0.1, 0.15) is 5.75 Å². The molecule has 20 heavy (non-hydrogen) atoms. The quantitative estimate of drug-likeness (QED) is 0.837. The third-order valence-electron chi connectivity index (χ3n) is 4.78. The minimum atomic E-state index is 0.533. The zero-order valence-electron chi connectivity index (χ0n) is 12.7. The highest BCUT2D eigenvalue weighted by Gasteiger charge is 2.21. The van der Waals surface area contributed by atoms with Crippen molar-refractivity contribution in [2.24, 2.45) is 5.92 Å². The fourth-order valence-corrected chi connectivity index (χ4v) is 3.27. The molecule has 2 aliphatic carbocycles. The molecule has 1 N–H and O–H groups in total. The van der Waals surface area contributed by atoms with E-state index in [1.807, 2.05) is 0 Å². The Morgan fingerprint density at radius 2 is 2.10 bits per heavy atom. The van der Waals surface area contributed by atoms with E-state index in [0.717, 1.165) is 24.8 Å². The van der Waals surface area contributed by atoms with Crippen molar-refractivity contribution in [3.05, 3.63) is 29.3 Å². The van der Waals surface area contributed by atoms with Crippen molar-refractivity contribution in [3.8, 4) is 5.75 Å². The highest BCUT2D eigenvalue weighted by Crippen LogP contribution is 2.33. The van der Waals surface area contributed by atoms with Crippen LogP contribution in [-0.4, -0.2) is 13.2 Å². The monoisotopic (exact) mass is 273 g/mol. The summed E-state index contributed by atoms with van der Waals surface area (Å²) in [5.74, 6) is 1.88. The van der Waals surface area contributed by atoms with Gasteiger partial charge in [-0.3, -0.25) is 0 Å². The van der Waals surface area contributed by atoms with Gasteiger partial charge in [-0.05, 0) is 74.2 Å². The molecule has 1 aromatic carbocycles. The third-order valence-corrected chi connectivity index (χ3v) is 4.78. The van der Waals surface area contributed by atoms with E-state index in [1.54, 1.807) is 0 Å². The molecule has 0 bridgehead atoms. The first-order chi connectivity index (χ1) is 9.86. The van der Waals surface area contributed by atoms with Gasteiger partial charge in [-0.25, -0.2) is 0 Å². The molecule has 1 aromatic rings. The van der Waals surface area contributed by atoms with E-state index in [0.29, 0.717) is 6.04 Å². The molecule has 1 unspecified atom stereocenters. The molecule has 1 atom stereocenters. The minimum absolute atomic E-state index is 0.533. The maximum atomic E-state index is 6.00. The molecule has 3 rings (SSSR count). The third kappa shape index (κ3) is 3.17. The number of ether oxygens (including phenoxy) is 1. The topological polar surface area (TPSA) is 21.3 Å². The van der Waals surface area contributed by atoms with Crippen LogP contribution in [0.1, 0.15) is 62.6 Å². The Hall–Kier alpha value is -1.02. The van der Waals surface area contributed by atoms with Gasteiger partial charge in [0, 0.05) is 6.04 Å². The summed E-state index contributed by atoms with van der Waals surface area (Å²) in [7, 11) is 0. The minimum Gasteiger partial charge on any atom is -0.493 e. The van der Waals surface area contributed by atoms with E-state index < -0.39 is 0 Å². The van der Waals surface area contributed by atoms with E-state index in [4.69, 9.17) is 4.74 Å². The summed E-state index contributed by atoms with van der Waals surface area (Å²) < 4.78 is 6.00. The highest BCUT2D eigenvalue weighted by atomic mass is 16.5. The zero-order valence-corrected chi connectivity index (χ0v) is 12.7. The van der Waals surface area contributed by atoms with Gasteiger partial charge in [0.05, 0.1) is 6.61 Å². The molecular formula is C18H27NO. The maximum Gasteiger partial charge on any atom is 0.119 e. The van der Waals surface area contributed by atoms with Gasteiger partial charge >= 0.3 is 0 Å². The van der Waals surface area contributed by atoms with Gasteiger partial charge < -0.3 is 10.1 Å². The normalized spacial score (nSPS) is 22.1. The Kier molecular flexibility index (Phi) is 4.62. The van der Waals surface area contributed by atoms with Gasteiger partial charge in [-0.2, -0.15) is 0 Å². The number of nitrogens with one attached hydrogen (secondary N) is 1. The van der Waals surface area contributed by atoms with Crippen LogP contribution >= 0.6 is 0 Å². The van der Waals surface area contributed by atoms with Crippen LogP contribution in [0, 0.1) is 5.92 Å². The summed E-state index contributed by atoms with van der Waals surface area (Å²) in [4.78, 5) is 0. The largest absolute Gasteiger partial charge is 0.493 e. The maximum absolute atomic E-state index is 6.00. The molecule has 0 spiro atoms. The molecule has 2 aliphatic rings. The average Bonchev–Trinajstić information content (AvgIpc) is 2.43. The van der Waals surface area contributed by atoms with E-state index in [9.17, 15) is 0 Å². The summed E-state index contributed by atoms with van der Waals surface area (Å²) >= 11 is 0. The lowest BCUT2D eigenvalue weighted by atomic mass is 9.86. The number of aryl methyl sites for hydroxylation is 1. The highest BCUT2D eigenvalue weighted by molar-refractivity contribution is 5.39. The molecule has 2 heteroatoms. The second kappa shape index (κ2) is 6.62. The standard InChI is InChI=1S/C18H27NO/c1-2-11-19-18-8-4-7-15-9-10-16(12-17(15)18)20-13-14-5-3-6-14/h9-10,12,14,18-19H,2-8,11,13H2,1H3. The SMILES string of the molecule is CCCNC1CCCc2ccc(OCC3CCC3)cc21. The number of fused-ring (bicyclic) bond motifs is 1. The van der Waals surface area contributed by atoms with Gasteiger partial charge in [-0.15, -0.1) is 0 Å². The Bertz CT molecular complexity index is 439. The van der Waals surface area contributed by atoms with Crippen LogP contribution in [0.3, 0.4) is 0 Å². The summed E-state index contributed by atoms with van der Waals surface area (Å²) in [5, 5.41) is 3.69. The van der Waals surface area contributed by atoms with E-state index in [1.165, 1.54) is 56.1 Å². The van der Waals surface area contributed by atoms with Gasteiger partial charge in [0.15, 0.2) is 0 Å². The second-order valence-corrected chi connectivity index (χ2v) is 6.37. The lowest BCUT2D eigenvalue weighted by Crippen LogP contribution is -2.26. The second-order valence-electron chi connectivity index (χ2n) is 6.37. The lowest BCUT2D eigenvalue weighted by Gasteiger charge is -2.28.